The number of carbonyl (C=O) groups is 2. The monoisotopic (exact) mass is 255 g/mol. The van der Waals surface area contributed by atoms with Crippen LogP contribution in [0, 0.1) is 23.2 Å². The fourth-order valence-electron chi connectivity index (χ4n) is 3.02. The first-order chi connectivity index (χ1) is 8.27. The van der Waals surface area contributed by atoms with E-state index in [1.807, 2.05) is 20.8 Å². The van der Waals surface area contributed by atoms with E-state index in [2.05, 4.69) is 19.2 Å². The van der Waals surface area contributed by atoms with Crippen LogP contribution >= 0.6 is 0 Å². The van der Waals surface area contributed by atoms with E-state index in [4.69, 9.17) is 5.11 Å². The quantitative estimate of drug-likeness (QED) is 0.765. The summed E-state index contributed by atoms with van der Waals surface area (Å²) in [6, 6.07) is 0.110. The number of amides is 1. The molecule has 18 heavy (non-hydrogen) atoms. The number of carboxylic acid groups (broad SMARTS) is 1. The minimum absolute atomic E-state index is 0.105. The standard InChI is InChI=1S/C14H25NO3/c1-6-9(7-2)8(3)15-12(16)10-11(13(17)18)14(10,4)5/h8-11H,6-7H2,1-5H3,(H,15,16)(H,17,18). The second kappa shape index (κ2) is 5.29. The molecule has 1 fully saturated rings. The summed E-state index contributed by atoms with van der Waals surface area (Å²) in [5.41, 5.74) is -0.413. The summed E-state index contributed by atoms with van der Waals surface area (Å²) in [6.45, 7) is 9.91. The molecule has 1 rings (SSSR count). The molecule has 4 nitrogen and oxygen atoms in total. The molecule has 2 N–H and O–H groups in total. The predicted octanol–water partition coefficient (Wildman–Crippen LogP) is 2.28. The van der Waals surface area contributed by atoms with Gasteiger partial charge in [0, 0.05) is 6.04 Å². The lowest BCUT2D eigenvalue weighted by Gasteiger charge is -2.22. The van der Waals surface area contributed by atoms with Crippen LogP contribution in [0.5, 0.6) is 0 Å². The van der Waals surface area contributed by atoms with E-state index in [1.54, 1.807) is 0 Å². The summed E-state index contributed by atoms with van der Waals surface area (Å²) in [7, 11) is 0. The molecule has 0 aliphatic heterocycles. The summed E-state index contributed by atoms with van der Waals surface area (Å²) in [4.78, 5) is 23.2. The molecule has 0 radical (unpaired) electrons. The van der Waals surface area contributed by atoms with Gasteiger partial charge < -0.3 is 10.4 Å². The summed E-state index contributed by atoms with van der Waals surface area (Å²) in [5.74, 6) is -1.43. The van der Waals surface area contributed by atoms with Crippen molar-refractivity contribution in [3.05, 3.63) is 0 Å². The van der Waals surface area contributed by atoms with Gasteiger partial charge in [-0.15, -0.1) is 0 Å². The van der Waals surface area contributed by atoms with Gasteiger partial charge in [-0.1, -0.05) is 40.5 Å². The normalized spacial score (nSPS) is 26.8. The van der Waals surface area contributed by atoms with Gasteiger partial charge in [0.15, 0.2) is 0 Å². The Kier molecular flexibility index (Phi) is 4.41. The van der Waals surface area contributed by atoms with E-state index in [-0.39, 0.29) is 17.9 Å². The van der Waals surface area contributed by atoms with Gasteiger partial charge in [-0.05, 0) is 18.3 Å². The molecule has 0 saturated heterocycles. The van der Waals surface area contributed by atoms with Crippen molar-refractivity contribution in [3.8, 4) is 0 Å². The maximum absolute atomic E-state index is 12.1. The minimum Gasteiger partial charge on any atom is -0.481 e. The topological polar surface area (TPSA) is 66.4 Å². The van der Waals surface area contributed by atoms with Crippen LogP contribution in [0.4, 0.5) is 0 Å². The number of hydrogen-bond acceptors (Lipinski definition) is 2. The molecule has 1 amide bonds. The van der Waals surface area contributed by atoms with Crippen molar-refractivity contribution >= 4 is 11.9 Å². The third kappa shape index (κ3) is 2.68. The van der Waals surface area contributed by atoms with Crippen molar-refractivity contribution in [2.24, 2.45) is 23.2 Å². The van der Waals surface area contributed by atoms with E-state index < -0.39 is 17.3 Å². The van der Waals surface area contributed by atoms with Gasteiger partial charge in [-0.3, -0.25) is 9.59 Å². The highest BCUT2D eigenvalue weighted by atomic mass is 16.4. The van der Waals surface area contributed by atoms with Crippen LogP contribution in [0.3, 0.4) is 0 Å². The lowest BCUT2D eigenvalue weighted by atomic mass is 9.95. The molecule has 3 atom stereocenters. The number of aliphatic carboxylic acids is 1. The van der Waals surface area contributed by atoms with Crippen LogP contribution in [0.2, 0.25) is 0 Å². The second-order valence-electron chi connectivity index (χ2n) is 5.99. The van der Waals surface area contributed by atoms with Gasteiger partial charge in [-0.2, -0.15) is 0 Å². The number of carboxylic acids is 1. The SMILES string of the molecule is CCC(CC)C(C)NC(=O)C1C(C(=O)O)C1(C)C. The maximum Gasteiger partial charge on any atom is 0.307 e. The van der Waals surface area contributed by atoms with Crippen molar-refractivity contribution in [2.75, 3.05) is 0 Å². The molecule has 104 valence electrons. The number of carbonyl (C=O) groups excluding carboxylic acids is 1. The zero-order chi connectivity index (χ0) is 14.1. The van der Waals surface area contributed by atoms with Crippen molar-refractivity contribution in [1.29, 1.82) is 0 Å². The van der Waals surface area contributed by atoms with Crippen molar-refractivity contribution in [3.63, 3.8) is 0 Å². The Morgan fingerprint density at radius 2 is 1.72 bits per heavy atom. The molecule has 4 heteroatoms. The lowest BCUT2D eigenvalue weighted by molar-refractivity contribution is -0.140. The maximum atomic E-state index is 12.1. The third-order valence-electron chi connectivity index (χ3n) is 4.50. The molecule has 0 spiro atoms. The van der Waals surface area contributed by atoms with Crippen molar-refractivity contribution < 1.29 is 14.7 Å². The highest BCUT2D eigenvalue weighted by Crippen LogP contribution is 2.58. The first-order valence-corrected chi connectivity index (χ1v) is 6.80. The van der Waals surface area contributed by atoms with Gasteiger partial charge in [-0.25, -0.2) is 0 Å². The number of nitrogens with one attached hydrogen (secondary N) is 1. The van der Waals surface area contributed by atoms with E-state index in [0.29, 0.717) is 5.92 Å². The highest BCUT2D eigenvalue weighted by Gasteiger charge is 2.65. The molecular formula is C14H25NO3. The summed E-state index contributed by atoms with van der Waals surface area (Å²) < 4.78 is 0. The zero-order valence-electron chi connectivity index (χ0n) is 12.0. The van der Waals surface area contributed by atoms with Crippen LogP contribution in [-0.4, -0.2) is 23.0 Å². The van der Waals surface area contributed by atoms with Crippen molar-refractivity contribution in [2.45, 2.75) is 53.5 Å². The molecule has 3 unspecified atom stereocenters. The largest absolute Gasteiger partial charge is 0.481 e. The number of rotatable bonds is 6. The number of hydrogen-bond donors (Lipinski definition) is 2. The van der Waals surface area contributed by atoms with E-state index in [1.165, 1.54) is 0 Å². The van der Waals surface area contributed by atoms with Crippen LogP contribution in [0.25, 0.3) is 0 Å². The van der Waals surface area contributed by atoms with Crippen LogP contribution in [0.15, 0.2) is 0 Å². The van der Waals surface area contributed by atoms with Crippen molar-refractivity contribution in [1.82, 2.24) is 5.32 Å². The van der Waals surface area contributed by atoms with Gasteiger partial charge in [0.2, 0.25) is 5.91 Å². The third-order valence-corrected chi connectivity index (χ3v) is 4.50. The molecule has 1 aliphatic carbocycles. The Morgan fingerprint density at radius 3 is 2.06 bits per heavy atom. The predicted molar refractivity (Wildman–Crippen MR) is 70.1 cm³/mol. The van der Waals surface area contributed by atoms with E-state index >= 15 is 0 Å². The molecule has 0 heterocycles. The Bertz CT molecular complexity index is 334. The fourth-order valence-corrected chi connectivity index (χ4v) is 3.02. The van der Waals surface area contributed by atoms with Crippen LogP contribution < -0.4 is 5.32 Å². The Morgan fingerprint density at radius 1 is 1.22 bits per heavy atom. The van der Waals surface area contributed by atoms with Gasteiger partial charge in [0.1, 0.15) is 0 Å². The Hall–Kier alpha value is -1.06. The average molecular weight is 255 g/mol. The highest BCUT2D eigenvalue weighted by molar-refractivity contribution is 5.91. The summed E-state index contributed by atoms with van der Waals surface area (Å²) in [5, 5.41) is 12.0. The van der Waals surface area contributed by atoms with Crippen LogP contribution in [-0.2, 0) is 9.59 Å². The van der Waals surface area contributed by atoms with Gasteiger partial charge in [0.05, 0.1) is 11.8 Å². The lowest BCUT2D eigenvalue weighted by Crippen LogP contribution is -2.39. The minimum atomic E-state index is -0.865. The molecule has 1 aliphatic rings. The molecule has 1 saturated carbocycles. The smallest absolute Gasteiger partial charge is 0.307 e. The molecule has 0 aromatic rings. The Labute approximate surface area is 109 Å². The second-order valence-corrected chi connectivity index (χ2v) is 5.99. The van der Waals surface area contributed by atoms with E-state index in [9.17, 15) is 9.59 Å². The molecule has 0 aromatic heterocycles. The summed E-state index contributed by atoms with van der Waals surface area (Å²) in [6.07, 6.45) is 2.04. The first-order valence-electron chi connectivity index (χ1n) is 6.80. The van der Waals surface area contributed by atoms with Crippen LogP contribution in [0.1, 0.15) is 47.5 Å². The average Bonchev–Trinajstić information content (AvgIpc) is 2.83. The molecule has 0 bridgehead atoms. The first kappa shape index (κ1) is 15.0. The molecular weight excluding hydrogens is 230 g/mol. The summed E-state index contributed by atoms with van der Waals surface area (Å²) >= 11 is 0. The van der Waals surface area contributed by atoms with Gasteiger partial charge >= 0.3 is 5.97 Å². The van der Waals surface area contributed by atoms with Gasteiger partial charge in [0.25, 0.3) is 0 Å². The fraction of sp³-hybridized carbons (Fsp3) is 0.857. The zero-order valence-corrected chi connectivity index (χ0v) is 12.0. The molecule has 0 aromatic carbocycles. The Balaban J connectivity index is 2.60. The van der Waals surface area contributed by atoms with E-state index in [0.717, 1.165) is 12.8 Å².